The van der Waals surface area contributed by atoms with Crippen molar-refractivity contribution in [2.45, 2.75) is 25.9 Å². The van der Waals surface area contributed by atoms with Crippen molar-refractivity contribution in [2.75, 3.05) is 24.6 Å². The largest absolute Gasteiger partial charge is 0.372 e. The summed E-state index contributed by atoms with van der Waals surface area (Å²) in [5, 5.41) is 20.0. The molecular weight excluding hydrogens is 258 g/mol. The molecule has 0 saturated carbocycles. The molecule has 1 unspecified atom stereocenters. The van der Waals surface area contributed by atoms with Gasteiger partial charge in [0.2, 0.25) is 0 Å². The van der Waals surface area contributed by atoms with Crippen LogP contribution in [0.3, 0.4) is 0 Å². The van der Waals surface area contributed by atoms with Gasteiger partial charge >= 0.3 is 0 Å². The molecule has 1 aliphatic rings. The van der Waals surface area contributed by atoms with Crippen LogP contribution in [-0.2, 0) is 4.74 Å². The molecule has 1 aliphatic heterocycles. The van der Waals surface area contributed by atoms with Crippen LogP contribution in [0.25, 0.3) is 0 Å². The summed E-state index contributed by atoms with van der Waals surface area (Å²) < 4.78 is 5.77. The third-order valence-electron chi connectivity index (χ3n) is 3.74. The quantitative estimate of drug-likeness (QED) is 0.625. The van der Waals surface area contributed by atoms with Crippen LogP contribution in [-0.4, -0.2) is 30.2 Å². The molecule has 6 heteroatoms. The molecule has 0 aromatic heterocycles. The molecule has 0 aliphatic carbocycles. The highest BCUT2D eigenvalue weighted by Gasteiger charge is 2.31. The zero-order chi connectivity index (χ0) is 14.8. The Morgan fingerprint density at radius 2 is 2.35 bits per heavy atom. The molecule has 20 heavy (non-hydrogen) atoms. The summed E-state index contributed by atoms with van der Waals surface area (Å²) in [5.74, 6) is 0. The molecule has 1 atom stereocenters. The maximum atomic E-state index is 10.8. The van der Waals surface area contributed by atoms with Crippen LogP contribution in [0.4, 0.5) is 11.4 Å². The summed E-state index contributed by atoms with van der Waals surface area (Å²) >= 11 is 0. The lowest BCUT2D eigenvalue weighted by atomic mass is 10.00. The van der Waals surface area contributed by atoms with Gasteiger partial charge in [-0.1, -0.05) is 6.92 Å². The van der Waals surface area contributed by atoms with Gasteiger partial charge in [0, 0.05) is 25.2 Å². The average molecular weight is 275 g/mol. The summed E-state index contributed by atoms with van der Waals surface area (Å²) in [5.41, 5.74) is 0.768. The van der Waals surface area contributed by atoms with Gasteiger partial charge in [-0.3, -0.25) is 10.1 Å². The fourth-order valence-corrected chi connectivity index (χ4v) is 2.35. The van der Waals surface area contributed by atoms with Crippen molar-refractivity contribution in [1.82, 2.24) is 0 Å². The van der Waals surface area contributed by atoms with Gasteiger partial charge in [0.05, 0.1) is 28.4 Å². The van der Waals surface area contributed by atoms with E-state index in [0.29, 0.717) is 25.3 Å². The van der Waals surface area contributed by atoms with Crippen LogP contribution in [0.2, 0.25) is 0 Å². The van der Waals surface area contributed by atoms with Gasteiger partial charge in [-0.15, -0.1) is 0 Å². The fraction of sp³-hybridized carbons (Fsp3) is 0.500. The van der Waals surface area contributed by atoms with Gasteiger partial charge in [-0.05, 0) is 19.4 Å². The third-order valence-corrected chi connectivity index (χ3v) is 3.74. The molecular formula is C14H17N3O3. The first-order valence-electron chi connectivity index (χ1n) is 6.56. The zero-order valence-corrected chi connectivity index (χ0v) is 11.6. The topological polar surface area (TPSA) is 79.4 Å². The number of nitriles is 1. The lowest BCUT2D eigenvalue weighted by Crippen LogP contribution is -2.50. The maximum absolute atomic E-state index is 10.8. The summed E-state index contributed by atoms with van der Waals surface area (Å²) in [6.07, 6.45) is 0.873. The third kappa shape index (κ3) is 2.73. The van der Waals surface area contributed by atoms with E-state index in [1.165, 1.54) is 12.1 Å². The molecule has 1 aromatic rings. The van der Waals surface area contributed by atoms with Crippen LogP contribution in [0, 0.1) is 21.4 Å². The smallest absolute Gasteiger partial charge is 0.270 e. The van der Waals surface area contributed by atoms with E-state index in [1.54, 1.807) is 6.07 Å². The molecule has 0 radical (unpaired) electrons. The van der Waals surface area contributed by atoms with Crippen molar-refractivity contribution in [1.29, 1.82) is 5.26 Å². The van der Waals surface area contributed by atoms with Crippen molar-refractivity contribution < 1.29 is 9.66 Å². The second-order valence-electron chi connectivity index (χ2n) is 5.14. The van der Waals surface area contributed by atoms with Crippen molar-refractivity contribution >= 4 is 11.4 Å². The molecule has 106 valence electrons. The van der Waals surface area contributed by atoms with Crippen molar-refractivity contribution in [3.63, 3.8) is 0 Å². The molecule has 2 rings (SSSR count). The van der Waals surface area contributed by atoms with E-state index in [2.05, 4.69) is 11.8 Å². The van der Waals surface area contributed by atoms with E-state index >= 15 is 0 Å². The van der Waals surface area contributed by atoms with Crippen molar-refractivity contribution in [3.8, 4) is 6.07 Å². The number of hydrogen-bond acceptors (Lipinski definition) is 5. The maximum Gasteiger partial charge on any atom is 0.270 e. The highest BCUT2D eigenvalue weighted by Crippen LogP contribution is 2.30. The van der Waals surface area contributed by atoms with Crippen LogP contribution < -0.4 is 4.90 Å². The number of ether oxygens (including phenoxy) is 1. The Balaban J connectivity index is 2.33. The van der Waals surface area contributed by atoms with E-state index in [0.717, 1.165) is 12.1 Å². The predicted octanol–water partition coefficient (Wildman–Crippen LogP) is 2.47. The van der Waals surface area contributed by atoms with Gasteiger partial charge in [0.15, 0.2) is 0 Å². The molecule has 1 fully saturated rings. The molecule has 1 aromatic carbocycles. The number of nitro benzene ring substituents is 1. The number of benzene rings is 1. The number of non-ortho nitro benzene ring substituents is 1. The standard InChI is InChI=1S/C14H17N3O3/c1-3-14(2)10-16(6-7-20-14)13-5-4-12(17(18)19)8-11(13)9-15/h4-5,8H,3,6-7,10H2,1-2H3. The Bertz CT molecular complexity index is 567. The number of hydrogen-bond donors (Lipinski definition) is 0. The summed E-state index contributed by atoms with van der Waals surface area (Å²) in [7, 11) is 0. The first kappa shape index (κ1) is 14.3. The zero-order valence-electron chi connectivity index (χ0n) is 11.6. The summed E-state index contributed by atoms with van der Waals surface area (Å²) in [6.45, 7) is 6.05. The normalized spacial score (nSPS) is 22.4. The minimum absolute atomic E-state index is 0.0585. The van der Waals surface area contributed by atoms with Gasteiger partial charge in [-0.2, -0.15) is 5.26 Å². The molecule has 0 N–H and O–H groups in total. The van der Waals surface area contributed by atoms with E-state index in [1.807, 2.05) is 13.0 Å². The predicted molar refractivity (Wildman–Crippen MR) is 74.7 cm³/mol. The Morgan fingerprint density at radius 1 is 1.60 bits per heavy atom. The lowest BCUT2D eigenvalue weighted by Gasteiger charge is -2.41. The second kappa shape index (κ2) is 5.47. The lowest BCUT2D eigenvalue weighted by molar-refractivity contribution is -0.384. The molecule has 1 heterocycles. The average Bonchev–Trinajstić information content (AvgIpc) is 2.46. The van der Waals surface area contributed by atoms with Gasteiger partial charge in [0.25, 0.3) is 5.69 Å². The Kier molecular flexibility index (Phi) is 3.91. The first-order valence-corrected chi connectivity index (χ1v) is 6.56. The number of nitrogens with zero attached hydrogens (tertiary/aromatic N) is 3. The van der Waals surface area contributed by atoms with Gasteiger partial charge in [0.1, 0.15) is 6.07 Å². The monoisotopic (exact) mass is 275 g/mol. The van der Waals surface area contributed by atoms with Gasteiger partial charge < -0.3 is 9.64 Å². The molecule has 0 amide bonds. The Labute approximate surface area is 117 Å². The summed E-state index contributed by atoms with van der Waals surface area (Å²) in [6, 6.07) is 6.46. The van der Waals surface area contributed by atoms with E-state index in [-0.39, 0.29) is 11.3 Å². The molecule has 0 bridgehead atoms. The number of anilines is 1. The van der Waals surface area contributed by atoms with E-state index in [4.69, 9.17) is 4.74 Å². The Hall–Kier alpha value is -2.13. The van der Waals surface area contributed by atoms with Crippen molar-refractivity contribution in [2.24, 2.45) is 0 Å². The van der Waals surface area contributed by atoms with E-state index < -0.39 is 4.92 Å². The fourth-order valence-electron chi connectivity index (χ4n) is 2.35. The molecule has 1 saturated heterocycles. The molecule has 0 spiro atoms. The van der Waals surface area contributed by atoms with E-state index in [9.17, 15) is 15.4 Å². The number of morpholine rings is 1. The Morgan fingerprint density at radius 3 is 2.95 bits per heavy atom. The molecule has 6 nitrogen and oxygen atoms in total. The minimum Gasteiger partial charge on any atom is -0.372 e. The number of rotatable bonds is 3. The highest BCUT2D eigenvalue weighted by atomic mass is 16.6. The number of nitro groups is 1. The van der Waals surface area contributed by atoms with Gasteiger partial charge in [-0.25, -0.2) is 0 Å². The second-order valence-corrected chi connectivity index (χ2v) is 5.14. The SMILES string of the molecule is CCC1(C)CN(c2ccc([N+](=O)[O-])cc2C#N)CCO1. The van der Waals surface area contributed by atoms with Crippen LogP contribution in [0.5, 0.6) is 0 Å². The summed E-state index contributed by atoms with van der Waals surface area (Å²) in [4.78, 5) is 12.3. The van der Waals surface area contributed by atoms with Crippen molar-refractivity contribution in [3.05, 3.63) is 33.9 Å². The minimum atomic E-state index is -0.486. The van der Waals surface area contributed by atoms with Crippen LogP contribution in [0.1, 0.15) is 25.8 Å². The van der Waals surface area contributed by atoms with Crippen LogP contribution in [0.15, 0.2) is 18.2 Å². The first-order chi connectivity index (χ1) is 9.49. The highest BCUT2D eigenvalue weighted by molar-refractivity contribution is 5.63. The van der Waals surface area contributed by atoms with Crippen LogP contribution >= 0.6 is 0 Å².